The summed E-state index contributed by atoms with van der Waals surface area (Å²) >= 11 is 3.41. The summed E-state index contributed by atoms with van der Waals surface area (Å²) in [6.45, 7) is 3.38. The molecule has 0 aromatic heterocycles. The van der Waals surface area contributed by atoms with Crippen LogP contribution in [0.3, 0.4) is 0 Å². The number of nitrogens with zero attached hydrogens (tertiary/aromatic N) is 2. The highest BCUT2D eigenvalue weighted by Gasteiger charge is 2.09. The van der Waals surface area contributed by atoms with Crippen LogP contribution in [0.2, 0.25) is 0 Å². The minimum atomic E-state index is -0.978. The lowest BCUT2D eigenvalue weighted by Gasteiger charge is -2.24. The predicted molar refractivity (Wildman–Crippen MR) is 78.9 cm³/mol. The summed E-state index contributed by atoms with van der Waals surface area (Å²) in [6.07, 6.45) is 3.12. The van der Waals surface area contributed by atoms with Crippen LogP contribution in [0.1, 0.15) is 18.9 Å². The van der Waals surface area contributed by atoms with E-state index in [4.69, 9.17) is 10.4 Å². The largest absolute Gasteiger partial charge is 0.478 e. The molecule has 0 saturated carbocycles. The van der Waals surface area contributed by atoms with Crippen LogP contribution in [0, 0.1) is 11.3 Å². The second-order valence-electron chi connectivity index (χ2n) is 3.86. The number of nitriles is 1. The zero-order valence-corrected chi connectivity index (χ0v) is 12.2. The molecular weight excluding hydrogens is 308 g/mol. The number of anilines is 1. The summed E-state index contributed by atoms with van der Waals surface area (Å²) in [6, 6.07) is 7.77. The van der Waals surface area contributed by atoms with Crippen molar-refractivity contribution in [1.29, 1.82) is 5.26 Å². The molecule has 1 N–H and O–H groups in total. The Labute approximate surface area is 121 Å². The quantitative estimate of drug-likeness (QED) is 0.816. The van der Waals surface area contributed by atoms with Crippen LogP contribution in [0.25, 0.3) is 6.08 Å². The van der Waals surface area contributed by atoms with E-state index in [9.17, 15) is 4.79 Å². The first kappa shape index (κ1) is 15.3. The standard InChI is InChI=1S/C14H15BrN2O2/c1-2-17(9-3-8-16)13-10-12(15)6-4-11(13)5-7-14(18)19/h4-7,10H,2-3,9H2,1H3,(H,18,19)/b7-5+. The van der Waals surface area contributed by atoms with Crippen molar-refractivity contribution in [3.8, 4) is 6.07 Å². The molecule has 0 amide bonds. The highest BCUT2D eigenvalue weighted by molar-refractivity contribution is 9.10. The minimum Gasteiger partial charge on any atom is -0.478 e. The van der Waals surface area contributed by atoms with Crippen molar-refractivity contribution in [2.24, 2.45) is 0 Å². The molecule has 4 nitrogen and oxygen atoms in total. The van der Waals surface area contributed by atoms with Crippen molar-refractivity contribution < 1.29 is 9.90 Å². The first-order valence-electron chi connectivity index (χ1n) is 5.91. The van der Waals surface area contributed by atoms with Crippen LogP contribution >= 0.6 is 15.9 Å². The molecule has 0 spiro atoms. The molecule has 5 heteroatoms. The van der Waals surface area contributed by atoms with Crippen LogP contribution in [-0.4, -0.2) is 24.2 Å². The van der Waals surface area contributed by atoms with Gasteiger partial charge in [0.15, 0.2) is 0 Å². The van der Waals surface area contributed by atoms with Crippen molar-refractivity contribution in [3.63, 3.8) is 0 Å². The van der Waals surface area contributed by atoms with E-state index in [1.54, 1.807) is 6.08 Å². The normalized spacial score (nSPS) is 10.4. The van der Waals surface area contributed by atoms with Gasteiger partial charge in [-0.25, -0.2) is 4.79 Å². The Hall–Kier alpha value is -1.80. The summed E-state index contributed by atoms with van der Waals surface area (Å²) in [7, 11) is 0. The summed E-state index contributed by atoms with van der Waals surface area (Å²) in [5, 5.41) is 17.4. The van der Waals surface area contributed by atoms with Crippen molar-refractivity contribution in [2.75, 3.05) is 18.0 Å². The van der Waals surface area contributed by atoms with Gasteiger partial charge in [-0.1, -0.05) is 22.0 Å². The Morgan fingerprint density at radius 1 is 1.58 bits per heavy atom. The fourth-order valence-electron chi connectivity index (χ4n) is 1.73. The van der Waals surface area contributed by atoms with Gasteiger partial charge in [-0.2, -0.15) is 5.26 Å². The van der Waals surface area contributed by atoms with E-state index >= 15 is 0 Å². The van der Waals surface area contributed by atoms with Gasteiger partial charge in [-0.3, -0.25) is 0 Å². The Morgan fingerprint density at radius 3 is 2.89 bits per heavy atom. The molecule has 0 atom stereocenters. The van der Waals surface area contributed by atoms with Gasteiger partial charge in [0, 0.05) is 29.3 Å². The van der Waals surface area contributed by atoms with Crippen molar-refractivity contribution in [1.82, 2.24) is 0 Å². The Balaban J connectivity index is 3.11. The molecule has 0 unspecified atom stereocenters. The van der Waals surface area contributed by atoms with Crippen LogP contribution < -0.4 is 4.90 Å². The molecule has 0 bridgehead atoms. The van der Waals surface area contributed by atoms with E-state index in [2.05, 4.69) is 26.9 Å². The molecule has 19 heavy (non-hydrogen) atoms. The molecule has 0 fully saturated rings. The number of carbonyl (C=O) groups is 1. The minimum absolute atomic E-state index is 0.433. The van der Waals surface area contributed by atoms with E-state index in [-0.39, 0.29) is 0 Å². The first-order valence-corrected chi connectivity index (χ1v) is 6.70. The Morgan fingerprint density at radius 2 is 2.32 bits per heavy atom. The lowest BCUT2D eigenvalue weighted by molar-refractivity contribution is -0.131. The lowest BCUT2D eigenvalue weighted by Crippen LogP contribution is -2.24. The number of aliphatic carboxylic acids is 1. The van der Waals surface area contributed by atoms with Gasteiger partial charge in [0.25, 0.3) is 0 Å². The van der Waals surface area contributed by atoms with E-state index < -0.39 is 5.97 Å². The number of halogens is 1. The smallest absolute Gasteiger partial charge is 0.328 e. The molecule has 1 aromatic rings. The summed E-state index contributed by atoms with van der Waals surface area (Å²) in [5.74, 6) is -0.978. The molecule has 0 aliphatic rings. The maximum absolute atomic E-state index is 10.6. The molecule has 0 heterocycles. The van der Waals surface area contributed by atoms with Gasteiger partial charge in [0.2, 0.25) is 0 Å². The maximum Gasteiger partial charge on any atom is 0.328 e. The Bertz CT molecular complexity index is 521. The zero-order valence-electron chi connectivity index (χ0n) is 10.6. The van der Waals surface area contributed by atoms with Gasteiger partial charge < -0.3 is 10.0 Å². The van der Waals surface area contributed by atoms with E-state index in [0.29, 0.717) is 13.0 Å². The second-order valence-corrected chi connectivity index (χ2v) is 4.78. The SMILES string of the molecule is CCN(CCC#N)c1cc(Br)ccc1/C=C/C(=O)O. The molecular formula is C14H15BrN2O2. The zero-order chi connectivity index (χ0) is 14.3. The van der Waals surface area contributed by atoms with Gasteiger partial charge in [-0.15, -0.1) is 0 Å². The van der Waals surface area contributed by atoms with Crippen LogP contribution in [-0.2, 0) is 4.79 Å². The van der Waals surface area contributed by atoms with Gasteiger partial charge >= 0.3 is 5.97 Å². The third kappa shape index (κ3) is 4.76. The number of rotatable bonds is 6. The average molecular weight is 323 g/mol. The average Bonchev–Trinajstić information content (AvgIpc) is 2.38. The number of hydrogen-bond donors (Lipinski definition) is 1. The summed E-state index contributed by atoms with van der Waals surface area (Å²) in [5.41, 5.74) is 1.75. The van der Waals surface area contributed by atoms with Crippen molar-refractivity contribution in [3.05, 3.63) is 34.3 Å². The highest BCUT2D eigenvalue weighted by atomic mass is 79.9. The molecule has 100 valence electrons. The molecule has 0 saturated heterocycles. The van der Waals surface area contributed by atoms with Crippen LogP contribution in [0.5, 0.6) is 0 Å². The fourth-order valence-corrected chi connectivity index (χ4v) is 2.08. The predicted octanol–water partition coefficient (Wildman–Crippen LogP) is 3.29. The third-order valence-corrected chi connectivity index (χ3v) is 3.11. The number of benzene rings is 1. The topological polar surface area (TPSA) is 64.3 Å². The van der Waals surface area contributed by atoms with E-state index in [1.165, 1.54) is 0 Å². The van der Waals surface area contributed by atoms with Crippen molar-refractivity contribution >= 4 is 33.7 Å². The maximum atomic E-state index is 10.6. The van der Waals surface area contributed by atoms with Gasteiger partial charge in [0.1, 0.15) is 0 Å². The lowest BCUT2D eigenvalue weighted by atomic mass is 10.1. The number of carboxylic acids is 1. The molecule has 0 radical (unpaired) electrons. The Kier molecular flexibility index (Phi) is 6.10. The van der Waals surface area contributed by atoms with Gasteiger partial charge in [-0.05, 0) is 30.7 Å². The van der Waals surface area contributed by atoms with E-state index in [1.807, 2.05) is 25.1 Å². The third-order valence-electron chi connectivity index (χ3n) is 2.61. The molecule has 1 aromatic carbocycles. The molecule has 0 aliphatic heterocycles. The first-order chi connectivity index (χ1) is 9.08. The summed E-state index contributed by atoms with van der Waals surface area (Å²) in [4.78, 5) is 12.7. The summed E-state index contributed by atoms with van der Waals surface area (Å²) < 4.78 is 0.922. The number of carboxylic acid groups (broad SMARTS) is 1. The molecule has 0 aliphatic carbocycles. The van der Waals surface area contributed by atoms with Crippen LogP contribution in [0.4, 0.5) is 5.69 Å². The van der Waals surface area contributed by atoms with E-state index in [0.717, 1.165) is 28.3 Å². The number of hydrogen-bond acceptors (Lipinski definition) is 3. The highest BCUT2D eigenvalue weighted by Crippen LogP contribution is 2.26. The fraction of sp³-hybridized carbons (Fsp3) is 0.286. The monoisotopic (exact) mass is 322 g/mol. The molecule has 1 rings (SSSR count). The van der Waals surface area contributed by atoms with Crippen molar-refractivity contribution in [2.45, 2.75) is 13.3 Å². The van der Waals surface area contributed by atoms with Gasteiger partial charge in [0.05, 0.1) is 12.5 Å². The van der Waals surface area contributed by atoms with Crippen LogP contribution in [0.15, 0.2) is 28.7 Å². The second kappa shape index (κ2) is 7.59.